The first-order valence-corrected chi connectivity index (χ1v) is 6.06. The number of hydrogen-bond acceptors (Lipinski definition) is 4. The molecule has 1 saturated heterocycles. The fourth-order valence-corrected chi connectivity index (χ4v) is 2.04. The number of carbonyl (C=O) groups excluding carboxylic acids is 1. The summed E-state index contributed by atoms with van der Waals surface area (Å²) in [6.45, 7) is 0.657. The highest BCUT2D eigenvalue weighted by atomic mass is 19.4. The number of alkyl halides is 3. The lowest BCUT2D eigenvalue weighted by Gasteiger charge is -2.12. The molecule has 0 amide bonds. The molecule has 0 saturated carbocycles. The number of ether oxygens (including phenoxy) is 2. The normalized spacial score (nSPS) is 22.8. The molecule has 1 aromatic rings. The average molecular weight is 289 g/mol. The summed E-state index contributed by atoms with van der Waals surface area (Å²) in [5.41, 5.74) is 6.35. The van der Waals surface area contributed by atoms with Gasteiger partial charge in [0.15, 0.2) is 0 Å². The van der Waals surface area contributed by atoms with Gasteiger partial charge in [0, 0.05) is 12.5 Å². The summed E-state index contributed by atoms with van der Waals surface area (Å²) >= 11 is 0. The first-order valence-electron chi connectivity index (χ1n) is 6.06. The summed E-state index contributed by atoms with van der Waals surface area (Å²) in [5, 5.41) is 0. The lowest BCUT2D eigenvalue weighted by molar-refractivity contribution is -0.274. The van der Waals surface area contributed by atoms with Crippen LogP contribution in [0.3, 0.4) is 0 Å². The minimum absolute atomic E-state index is 0.0699. The maximum atomic E-state index is 12.0. The van der Waals surface area contributed by atoms with Crippen LogP contribution in [0.25, 0.3) is 0 Å². The van der Waals surface area contributed by atoms with Gasteiger partial charge in [-0.25, -0.2) is 0 Å². The van der Waals surface area contributed by atoms with Gasteiger partial charge in [0.25, 0.3) is 0 Å². The van der Waals surface area contributed by atoms with Gasteiger partial charge in [-0.15, -0.1) is 13.2 Å². The minimum atomic E-state index is -4.72. The Morgan fingerprint density at radius 1 is 1.30 bits per heavy atom. The molecule has 2 unspecified atom stereocenters. The second-order valence-corrected chi connectivity index (χ2v) is 4.64. The summed E-state index contributed by atoms with van der Waals surface area (Å²) in [6, 6.07) is 4.92. The summed E-state index contributed by atoms with van der Waals surface area (Å²) in [4.78, 5) is 12.0. The number of hydrogen-bond donors (Lipinski definition) is 1. The molecule has 0 spiro atoms. The monoisotopic (exact) mass is 289 g/mol. The molecule has 1 fully saturated rings. The zero-order chi connectivity index (χ0) is 14.8. The van der Waals surface area contributed by atoms with Crippen LogP contribution in [0.1, 0.15) is 5.56 Å². The Morgan fingerprint density at radius 2 is 1.95 bits per heavy atom. The average Bonchev–Trinajstić information content (AvgIpc) is 2.76. The number of nitrogens with two attached hydrogens (primary N) is 1. The van der Waals surface area contributed by atoms with Gasteiger partial charge in [0.05, 0.1) is 19.1 Å². The van der Waals surface area contributed by atoms with Crippen molar-refractivity contribution in [3.8, 4) is 5.75 Å². The van der Waals surface area contributed by atoms with Crippen LogP contribution >= 0.6 is 0 Å². The predicted molar refractivity (Wildman–Crippen MR) is 64.1 cm³/mol. The topological polar surface area (TPSA) is 61.5 Å². The van der Waals surface area contributed by atoms with E-state index in [9.17, 15) is 18.0 Å². The number of halogens is 3. The molecule has 0 aromatic heterocycles. The van der Waals surface area contributed by atoms with Crippen LogP contribution in [-0.2, 0) is 16.0 Å². The Kier molecular flexibility index (Phi) is 4.29. The molecule has 1 aliphatic heterocycles. The second kappa shape index (κ2) is 5.80. The van der Waals surface area contributed by atoms with Crippen LogP contribution in [0.15, 0.2) is 24.3 Å². The molecular formula is C13H14F3NO3. The molecule has 0 bridgehead atoms. The summed E-state index contributed by atoms with van der Waals surface area (Å²) in [7, 11) is 0. The molecule has 2 N–H and O–H groups in total. The van der Waals surface area contributed by atoms with Crippen molar-refractivity contribution in [2.45, 2.75) is 18.8 Å². The molecular weight excluding hydrogens is 275 g/mol. The van der Waals surface area contributed by atoms with Gasteiger partial charge >= 0.3 is 6.36 Å². The van der Waals surface area contributed by atoms with Gasteiger partial charge in [0.1, 0.15) is 11.5 Å². The van der Waals surface area contributed by atoms with Gasteiger partial charge in [-0.1, -0.05) is 12.1 Å². The molecule has 1 heterocycles. The molecule has 2 atom stereocenters. The lowest BCUT2D eigenvalue weighted by atomic mass is 9.94. The van der Waals surface area contributed by atoms with Crippen molar-refractivity contribution in [1.82, 2.24) is 0 Å². The Hall–Kier alpha value is -1.60. The van der Waals surface area contributed by atoms with Crippen molar-refractivity contribution in [3.63, 3.8) is 0 Å². The fraction of sp³-hybridized carbons (Fsp3) is 0.462. The maximum absolute atomic E-state index is 12.0. The molecule has 20 heavy (non-hydrogen) atoms. The SMILES string of the molecule is NC1COCC1C(=O)Cc1ccc(OC(F)(F)F)cc1. The van der Waals surface area contributed by atoms with E-state index in [1.54, 1.807) is 0 Å². The van der Waals surface area contributed by atoms with Crippen LogP contribution in [0, 0.1) is 5.92 Å². The third kappa shape index (κ3) is 3.94. The van der Waals surface area contributed by atoms with Gasteiger partial charge in [0.2, 0.25) is 0 Å². The quantitative estimate of drug-likeness (QED) is 0.916. The first kappa shape index (κ1) is 14.8. The molecule has 7 heteroatoms. The standard InChI is InChI=1S/C13H14F3NO3/c14-13(15,16)20-9-3-1-8(2-4-9)5-12(18)10-6-19-7-11(10)17/h1-4,10-11H,5-7,17H2. The van der Waals surface area contributed by atoms with Crippen LogP contribution < -0.4 is 10.5 Å². The lowest BCUT2D eigenvalue weighted by Crippen LogP contribution is -2.34. The number of benzene rings is 1. The third-order valence-corrected chi connectivity index (χ3v) is 3.07. The van der Waals surface area contributed by atoms with Crippen LogP contribution in [0.2, 0.25) is 0 Å². The Morgan fingerprint density at radius 3 is 2.45 bits per heavy atom. The van der Waals surface area contributed by atoms with Gasteiger partial charge in [-0.3, -0.25) is 4.79 Å². The smallest absolute Gasteiger partial charge is 0.406 e. The molecule has 0 radical (unpaired) electrons. The number of ketones is 1. The third-order valence-electron chi connectivity index (χ3n) is 3.07. The first-order chi connectivity index (χ1) is 9.35. The summed E-state index contributed by atoms with van der Waals surface area (Å²) < 4.78 is 44.9. The Bertz CT molecular complexity index is 473. The van der Waals surface area contributed by atoms with E-state index in [2.05, 4.69) is 4.74 Å². The van der Waals surface area contributed by atoms with E-state index in [1.807, 2.05) is 0 Å². The van der Waals surface area contributed by atoms with Crippen molar-refractivity contribution in [3.05, 3.63) is 29.8 Å². The molecule has 4 nitrogen and oxygen atoms in total. The summed E-state index contributed by atoms with van der Waals surface area (Å²) in [5.74, 6) is -0.727. The predicted octanol–water partition coefficient (Wildman–Crippen LogP) is 1.67. The van der Waals surface area contributed by atoms with E-state index in [0.29, 0.717) is 18.8 Å². The van der Waals surface area contributed by atoms with Crippen molar-refractivity contribution in [2.75, 3.05) is 13.2 Å². The highest BCUT2D eigenvalue weighted by Crippen LogP contribution is 2.23. The zero-order valence-electron chi connectivity index (χ0n) is 10.5. The highest BCUT2D eigenvalue weighted by molar-refractivity contribution is 5.84. The van der Waals surface area contributed by atoms with E-state index >= 15 is 0 Å². The number of carbonyl (C=O) groups is 1. The second-order valence-electron chi connectivity index (χ2n) is 4.64. The molecule has 1 aliphatic rings. The van der Waals surface area contributed by atoms with Crippen molar-refractivity contribution in [1.29, 1.82) is 0 Å². The van der Waals surface area contributed by atoms with Crippen LogP contribution in [-0.4, -0.2) is 31.4 Å². The van der Waals surface area contributed by atoms with E-state index in [4.69, 9.17) is 10.5 Å². The maximum Gasteiger partial charge on any atom is 0.573 e. The molecule has 1 aromatic carbocycles. The summed E-state index contributed by atoms with van der Waals surface area (Å²) in [6.07, 6.45) is -4.60. The van der Waals surface area contributed by atoms with Crippen LogP contribution in [0.5, 0.6) is 5.75 Å². The van der Waals surface area contributed by atoms with Crippen LogP contribution in [0.4, 0.5) is 13.2 Å². The molecule has 110 valence electrons. The van der Waals surface area contributed by atoms with Crippen molar-refractivity contribution in [2.24, 2.45) is 11.7 Å². The van der Waals surface area contributed by atoms with Gasteiger partial charge < -0.3 is 15.2 Å². The molecule has 0 aliphatic carbocycles. The fourth-order valence-electron chi connectivity index (χ4n) is 2.04. The van der Waals surface area contributed by atoms with Gasteiger partial charge in [-0.05, 0) is 17.7 Å². The minimum Gasteiger partial charge on any atom is -0.406 e. The van der Waals surface area contributed by atoms with Crippen molar-refractivity contribution >= 4 is 5.78 Å². The van der Waals surface area contributed by atoms with E-state index in [0.717, 1.165) is 0 Å². The Balaban J connectivity index is 1.95. The number of Topliss-reactive ketones (excluding diaryl/α,β-unsaturated/α-hetero) is 1. The van der Waals surface area contributed by atoms with E-state index in [-0.39, 0.29) is 29.9 Å². The zero-order valence-corrected chi connectivity index (χ0v) is 10.5. The van der Waals surface area contributed by atoms with Crippen molar-refractivity contribution < 1.29 is 27.4 Å². The molecule has 2 rings (SSSR count). The number of rotatable bonds is 4. The Labute approximate surface area is 113 Å². The highest BCUT2D eigenvalue weighted by Gasteiger charge is 2.32. The van der Waals surface area contributed by atoms with E-state index < -0.39 is 6.36 Å². The van der Waals surface area contributed by atoms with Gasteiger partial charge in [-0.2, -0.15) is 0 Å². The largest absolute Gasteiger partial charge is 0.573 e. The van der Waals surface area contributed by atoms with E-state index in [1.165, 1.54) is 24.3 Å².